The summed E-state index contributed by atoms with van der Waals surface area (Å²) < 4.78 is 15.6. The predicted octanol–water partition coefficient (Wildman–Crippen LogP) is 4.97. The van der Waals surface area contributed by atoms with Gasteiger partial charge in [0.25, 0.3) is 0 Å². The van der Waals surface area contributed by atoms with Crippen LogP contribution in [0.25, 0.3) is 0 Å². The summed E-state index contributed by atoms with van der Waals surface area (Å²) >= 11 is 6.19. The van der Waals surface area contributed by atoms with Gasteiger partial charge in [0.1, 0.15) is 11.1 Å². The lowest BCUT2D eigenvalue weighted by Crippen LogP contribution is -2.55. The van der Waals surface area contributed by atoms with Crippen molar-refractivity contribution in [2.24, 2.45) is 0 Å². The number of hydrogen-bond donors (Lipinski definition) is 3. The molecule has 0 spiro atoms. The average molecular weight is 474 g/mol. The monoisotopic (exact) mass is 473 g/mol. The van der Waals surface area contributed by atoms with Crippen LogP contribution in [0.2, 0.25) is 5.02 Å². The first-order valence-corrected chi connectivity index (χ1v) is 10.5. The largest absolute Gasteiger partial charge is 0.465 e. The van der Waals surface area contributed by atoms with E-state index in [1.54, 1.807) is 27.7 Å². The third-order valence-electron chi connectivity index (χ3n) is 4.51. The van der Waals surface area contributed by atoms with E-state index in [9.17, 15) is 9.59 Å². The van der Waals surface area contributed by atoms with E-state index in [1.165, 1.54) is 25.3 Å². The van der Waals surface area contributed by atoms with E-state index < -0.39 is 35.0 Å². The molecule has 0 radical (unpaired) electrons. The van der Waals surface area contributed by atoms with E-state index in [1.807, 2.05) is 30.3 Å². The van der Waals surface area contributed by atoms with Crippen molar-refractivity contribution in [2.45, 2.75) is 45.3 Å². The van der Waals surface area contributed by atoms with Gasteiger partial charge in [-0.05, 0) is 51.5 Å². The van der Waals surface area contributed by atoms with E-state index in [-0.39, 0.29) is 22.6 Å². The Morgan fingerprint density at radius 3 is 2.24 bits per heavy atom. The molecule has 0 saturated heterocycles. The van der Waals surface area contributed by atoms with Gasteiger partial charge >= 0.3 is 12.1 Å². The number of ether oxygens (including phenoxy) is 3. The maximum absolute atomic E-state index is 12.5. The Kier molecular flexibility index (Phi) is 8.22. The molecule has 0 fully saturated rings. The number of esters is 1. The summed E-state index contributed by atoms with van der Waals surface area (Å²) in [5.41, 5.74) is -0.973. The molecule has 0 aliphatic carbocycles. The highest BCUT2D eigenvalue weighted by molar-refractivity contribution is 6.34. The van der Waals surface area contributed by atoms with Crippen LogP contribution in [0.15, 0.2) is 48.5 Å². The summed E-state index contributed by atoms with van der Waals surface area (Å²) in [5.74, 6) is -1.46. The Bertz CT molecular complexity index is 1050. The first-order chi connectivity index (χ1) is 15.3. The van der Waals surface area contributed by atoms with Gasteiger partial charge in [-0.15, -0.1) is 0 Å². The van der Waals surface area contributed by atoms with E-state index in [4.69, 9.17) is 36.6 Å². The van der Waals surface area contributed by atoms with Crippen LogP contribution in [0, 0.1) is 10.8 Å². The first-order valence-electron chi connectivity index (χ1n) is 10.1. The van der Waals surface area contributed by atoms with Crippen LogP contribution in [0.5, 0.6) is 0 Å². The lowest BCUT2D eigenvalue weighted by molar-refractivity contribution is 0.0483. The second-order valence-electron chi connectivity index (χ2n) is 8.57. The first kappa shape index (κ1) is 25.9. The molecule has 176 valence electrons. The predicted molar refractivity (Wildman–Crippen MR) is 126 cm³/mol. The molecule has 0 bridgehead atoms. The number of alkyl carbamates (subject to hydrolysis) is 1. The topological polar surface area (TPSA) is 122 Å². The lowest BCUT2D eigenvalue weighted by atomic mass is 9.92. The fourth-order valence-electron chi connectivity index (χ4n) is 2.93. The fraction of sp³-hybridized carbons (Fsp3) is 0.333. The van der Waals surface area contributed by atoms with Crippen LogP contribution in [0.3, 0.4) is 0 Å². The van der Waals surface area contributed by atoms with Crippen molar-refractivity contribution in [1.29, 1.82) is 10.8 Å². The Morgan fingerprint density at radius 1 is 1.03 bits per heavy atom. The molecule has 33 heavy (non-hydrogen) atoms. The molecule has 0 aromatic heterocycles. The van der Waals surface area contributed by atoms with Gasteiger partial charge in [0.05, 0.1) is 23.3 Å². The standard InChI is InChI=1S/C24H28ClN3O5/c1-23(2,3)33-22(30)28-24(4,14-15-9-7-6-8-10-15)21(27)32-19(26)17-13-16(20(29)31-5)11-12-18(17)25/h6-13,26-27H,14H2,1-5H3,(H,28,30)/t24-/m1/s1. The normalized spacial score (nSPS) is 12.8. The van der Waals surface area contributed by atoms with Gasteiger partial charge in [0, 0.05) is 6.42 Å². The molecular formula is C24H28ClN3O5. The fourth-order valence-corrected chi connectivity index (χ4v) is 3.13. The minimum atomic E-state index is -1.34. The number of rotatable bonds is 6. The second kappa shape index (κ2) is 10.5. The quantitative estimate of drug-likeness (QED) is 0.310. The number of hydrogen-bond acceptors (Lipinski definition) is 7. The number of nitrogens with one attached hydrogen (secondary N) is 3. The Morgan fingerprint density at radius 2 is 1.67 bits per heavy atom. The van der Waals surface area contributed by atoms with Crippen LogP contribution >= 0.6 is 11.6 Å². The van der Waals surface area contributed by atoms with Crippen LogP contribution < -0.4 is 5.32 Å². The zero-order valence-corrected chi connectivity index (χ0v) is 20.0. The molecule has 2 aromatic rings. The average Bonchev–Trinajstić information content (AvgIpc) is 2.72. The van der Waals surface area contributed by atoms with Gasteiger partial charge in [-0.3, -0.25) is 10.8 Å². The molecular weight excluding hydrogens is 446 g/mol. The molecule has 3 N–H and O–H groups in total. The van der Waals surface area contributed by atoms with Crippen LogP contribution in [-0.2, 0) is 20.6 Å². The van der Waals surface area contributed by atoms with Crippen molar-refractivity contribution >= 4 is 35.5 Å². The number of methoxy groups -OCH3 is 1. The van der Waals surface area contributed by atoms with Crippen LogP contribution in [-0.4, -0.2) is 42.1 Å². The van der Waals surface area contributed by atoms with Crippen molar-refractivity contribution in [3.63, 3.8) is 0 Å². The highest BCUT2D eigenvalue weighted by atomic mass is 35.5. The SMILES string of the molecule is COC(=O)c1ccc(Cl)c(C(=N)OC(=N)[C@@](C)(Cc2ccccc2)NC(=O)OC(C)(C)C)c1. The highest BCUT2D eigenvalue weighted by Crippen LogP contribution is 2.22. The Balaban J connectivity index is 2.31. The molecule has 0 unspecified atom stereocenters. The summed E-state index contributed by atoms with van der Waals surface area (Å²) in [6, 6.07) is 13.5. The van der Waals surface area contributed by atoms with Gasteiger partial charge < -0.3 is 19.5 Å². The number of carbonyl (C=O) groups is 2. The minimum Gasteiger partial charge on any atom is -0.465 e. The summed E-state index contributed by atoms with van der Waals surface area (Å²) in [6.45, 7) is 6.80. The molecule has 8 nitrogen and oxygen atoms in total. The number of halogens is 1. The number of carbonyl (C=O) groups excluding carboxylic acids is 2. The van der Waals surface area contributed by atoms with Crippen LogP contribution in [0.4, 0.5) is 4.79 Å². The van der Waals surface area contributed by atoms with E-state index in [2.05, 4.69) is 5.32 Å². The number of amides is 1. The van der Waals surface area contributed by atoms with Crippen molar-refractivity contribution in [1.82, 2.24) is 5.32 Å². The van der Waals surface area contributed by atoms with Gasteiger partial charge in [0.15, 0.2) is 0 Å². The number of benzene rings is 2. The molecule has 0 aliphatic rings. The lowest BCUT2D eigenvalue weighted by Gasteiger charge is -2.32. The maximum atomic E-state index is 12.5. The summed E-state index contributed by atoms with van der Waals surface area (Å²) in [7, 11) is 1.24. The summed E-state index contributed by atoms with van der Waals surface area (Å²) in [6.07, 6.45) is -0.527. The van der Waals surface area contributed by atoms with Gasteiger partial charge in [-0.25, -0.2) is 9.59 Å². The molecule has 1 atom stereocenters. The van der Waals surface area contributed by atoms with Gasteiger partial charge in [-0.1, -0.05) is 41.9 Å². The van der Waals surface area contributed by atoms with Crippen molar-refractivity contribution in [3.8, 4) is 0 Å². The third kappa shape index (κ3) is 7.32. The van der Waals surface area contributed by atoms with E-state index in [0.717, 1.165) is 5.56 Å². The van der Waals surface area contributed by atoms with Crippen molar-refractivity contribution < 1.29 is 23.8 Å². The van der Waals surface area contributed by atoms with Gasteiger partial charge in [-0.2, -0.15) is 0 Å². The Hall–Kier alpha value is -3.39. The van der Waals surface area contributed by atoms with Crippen LogP contribution in [0.1, 0.15) is 49.2 Å². The molecule has 1 amide bonds. The molecule has 2 aromatic carbocycles. The highest BCUT2D eigenvalue weighted by Gasteiger charge is 2.36. The molecule has 0 aliphatic heterocycles. The van der Waals surface area contributed by atoms with E-state index >= 15 is 0 Å². The summed E-state index contributed by atoms with van der Waals surface area (Å²) in [4.78, 5) is 24.4. The third-order valence-corrected chi connectivity index (χ3v) is 4.84. The molecule has 9 heteroatoms. The zero-order valence-electron chi connectivity index (χ0n) is 19.2. The molecule has 0 heterocycles. The van der Waals surface area contributed by atoms with E-state index in [0.29, 0.717) is 0 Å². The Labute approximate surface area is 198 Å². The second-order valence-corrected chi connectivity index (χ2v) is 8.98. The van der Waals surface area contributed by atoms with Gasteiger partial charge in [0.2, 0.25) is 11.8 Å². The minimum absolute atomic E-state index is 0.101. The smallest absolute Gasteiger partial charge is 0.408 e. The molecule has 2 rings (SSSR count). The zero-order chi connectivity index (χ0) is 24.8. The van der Waals surface area contributed by atoms with Crippen molar-refractivity contribution in [2.75, 3.05) is 7.11 Å². The van der Waals surface area contributed by atoms with Crippen molar-refractivity contribution in [3.05, 3.63) is 70.2 Å². The molecule has 0 saturated carbocycles. The summed E-state index contributed by atoms with van der Waals surface area (Å²) in [5, 5.41) is 19.8. The maximum Gasteiger partial charge on any atom is 0.408 e.